The number of carbonyl (C=O) groups is 1. The molecule has 3 aromatic rings. The van der Waals surface area contributed by atoms with E-state index in [9.17, 15) is 4.79 Å². The Balaban J connectivity index is 1.96. The van der Waals surface area contributed by atoms with Gasteiger partial charge in [0.1, 0.15) is 11.9 Å². The van der Waals surface area contributed by atoms with E-state index in [2.05, 4.69) is 21.2 Å². The summed E-state index contributed by atoms with van der Waals surface area (Å²) in [6.45, 7) is 4.18. The Morgan fingerprint density at radius 3 is 2.79 bits per heavy atom. The highest BCUT2D eigenvalue weighted by atomic mass is 32.1. The number of hydrogen-bond acceptors (Lipinski definition) is 6. The molecular weight excluding hydrogens is 386 g/mol. The predicted molar refractivity (Wildman–Crippen MR) is 114 cm³/mol. The van der Waals surface area contributed by atoms with Gasteiger partial charge in [-0.05, 0) is 19.9 Å². The van der Waals surface area contributed by atoms with Crippen LogP contribution in [0.4, 0.5) is 5.82 Å². The van der Waals surface area contributed by atoms with Crippen molar-refractivity contribution in [3.8, 4) is 28.5 Å². The summed E-state index contributed by atoms with van der Waals surface area (Å²) in [5, 5.41) is 2.79. The van der Waals surface area contributed by atoms with Crippen molar-refractivity contribution < 1.29 is 14.3 Å². The Hall–Kier alpha value is -3.21. The van der Waals surface area contributed by atoms with Crippen molar-refractivity contribution in [3.63, 3.8) is 0 Å². The Bertz CT molecular complexity index is 1040. The van der Waals surface area contributed by atoms with E-state index < -0.39 is 0 Å². The minimum atomic E-state index is -0.287. The molecule has 0 aliphatic carbocycles. The molecule has 1 N–H and O–H groups in total. The van der Waals surface area contributed by atoms with Crippen LogP contribution in [0.25, 0.3) is 10.4 Å². The van der Waals surface area contributed by atoms with E-state index in [0.717, 1.165) is 21.0 Å². The molecule has 1 atom stereocenters. The number of carbonyl (C=O) groups excluding carboxylic acids is 1. The lowest BCUT2D eigenvalue weighted by Crippen LogP contribution is -2.18. The first-order chi connectivity index (χ1) is 14.0. The molecule has 0 aliphatic rings. The van der Waals surface area contributed by atoms with Crippen molar-refractivity contribution >= 4 is 23.1 Å². The van der Waals surface area contributed by atoms with Gasteiger partial charge < -0.3 is 14.8 Å². The van der Waals surface area contributed by atoms with Gasteiger partial charge in [-0.25, -0.2) is 4.98 Å². The first-order valence-electron chi connectivity index (χ1n) is 8.97. The van der Waals surface area contributed by atoms with Crippen LogP contribution in [-0.4, -0.2) is 35.7 Å². The smallest absolute Gasteiger partial charge is 0.257 e. The highest BCUT2D eigenvalue weighted by molar-refractivity contribution is 7.16. The molecule has 0 unspecified atom stereocenters. The average molecular weight is 407 g/mol. The minimum Gasteiger partial charge on any atom is -0.487 e. The lowest BCUT2D eigenvalue weighted by atomic mass is 10.0. The zero-order valence-electron chi connectivity index (χ0n) is 16.4. The van der Waals surface area contributed by atoms with Gasteiger partial charge in [-0.1, -0.05) is 24.1 Å². The number of anilines is 1. The van der Waals surface area contributed by atoms with Crippen molar-refractivity contribution in [1.82, 2.24) is 9.97 Å². The third-order valence-corrected chi connectivity index (χ3v) is 5.09. The molecular formula is C22H21N3O3S. The topological polar surface area (TPSA) is 73.3 Å². The average Bonchev–Trinajstić information content (AvgIpc) is 3.12. The molecule has 1 amide bonds. The van der Waals surface area contributed by atoms with Crippen molar-refractivity contribution in [1.29, 1.82) is 0 Å². The summed E-state index contributed by atoms with van der Waals surface area (Å²) in [6.07, 6.45) is 8.56. The zero-order valence-corrected chi connectivity index (χ0v) is 17.2. The van der Waals surface area contributed by atoms with Crippen LogP contribution in [0.15, 0.2) is 42.7 Å². The lowest BCUT2D eigenvalue weighted by Gasteiger charge is -2.15. The molecule has 2 heterocycles. The molecule has 0 saturated carbocycles. The van der Waals surface area contributed by atoms with E-state index in [1.165, 1.54) is 17.5 Å². The second-order valence-electron chi connectivity index (χ2n) is 6.37. The Morgan fingerprint density at radius 2 is 2.10 bits per heavy atom. The number of hydrogen-bond donors (Lipinski definition) is 1. The molecule has 148 valence electrons. The minimum absolute atomic E-state index is 0.164. The summed E-state index contributed by atoms with van der Waals surface area (Å²) in [7, 11) is 1.62. The van der Waals surface area contributed by atoms with Gasteiger partial charge in [0.25, 0.3) is 5.91 Å². The molecule has 6 nitrogen and oxygen atoms in total. The third kappa shape index (κ3) is 4.99. The third-order valence-electron chi connectivity index (χ3n) is 4.01. The van der Waals surface area contributed by atoms with Crippen LogP contribution < -0.4 is 10.1 Å². The second kappa shape index (κ2) is 9.32. The molecule has 0 radical (unpaired) electrons. The number of methoxy groups -OCH3 is 1. The van der Waals surface area contributed by atoms with Crippen LogP contribution in [0.5, 0.6) is 5.75 Å². The summed E-state index contributed by atoms with van der Waals surface area (Å²) in [6, 6.07) is 9.12. The first kappa shape index (κ1) is 20.5. The van der Waals surface area contributed by atoms with E-state index in [4.69, 9.17) is 15.9 Å². The summed E-state index contributed by atoms with van der Waals surface area (Å²) in [5.41, 5.74) is 2.00. The molecule has 0 bridgehead atoms. The summed E-state index contributed by atoms with van der Waals surface area (Å²) in [4.78, 5) is 22.8. The van der Waals surface area contributed by atoms with Crippen LogP contribution in [0.3, 0.4) is 0 Å². The van der Waals surface area contributed by atoms with Gasteiger partial charge in [0.15, 0.2) is 5.82 Å². The number of benzene rings is 1. The van der Waals surface area contributed by atoms with E-state index in [-0.39, 0.29) is 12.0 Å². The fourth-order valence-corrected chi connectivity index (χ4v) is 3.67. The van der Waals surface area contributed by atoms with E-state index >= 15 is 0 Å². The molecule has 0 aliphatic heterocycles. The molecule has 1 aromatic carbocycles. The number of amides is 1. The van der Waals surface area contributed by atoms with Gasteiger partial charge in [-0.15, -0.1) is 17.8 Å². The van der Waals surface area contributed by atoms with Gasteiger partial charge >= 0.3 is 0 Å². The number of aromatic nitrogens is 2. The number of nitrogens with zero attached hydrogens (tertiary/aromatic N) is 2. The second-order valence-corrected chi connectivity index (χ2v) is 7.43. The fraction of sp³-hybridized carbons (Fsp3) is 0.227. The quantitative estimate of drug-likeness (QED) is 0.596. The molecule has 0 spiro atoms. The van der Waals surface area contributed by atoms with Crippen LogP contribution >= 0.6 is 11.3 Å². The molecule has 2 aromatic heterocycles. The number of rotatable bonds is 7. The van der Waals surface area contributed by atoms with Gasteiger partial charge in [-0.3, -0.25) is 9.78 Å². The Morgan fingerprint density at radius 1 is 1.31 bits per heavy atom. The Kier molecular flexibility index (Phi) is 6.60. The standard InChI is InChI=1S/C22H21N3O3S/c1-5-16-10-19(28-15(3)13-27-4)21(29-16)17-8-6-7-9-18(17)22(26)25-20-12-23-14(2)11-24-20/h1,6-12,15H,13H2,2-4H3,(H,24,25,26)/t15-/m0/s1. The van der Waals surface area contributed by atoms with Gasteiger partial charge in [0, 0.05) is 24.3 Å². The number of terminal acetylenes is 1. The molecule has 0 saturated heterocycles. The summed E-state index contributed by atoms with van der Waals surface area (Å²) in [5.74, 6) is 3.37. The van der Waals surface area contributed by atoms with Crippen LogP contribution in [0, 0.1) is 19.3 Å². The zero-order chi connectivity index (χ0) is 20.8. The van der Waals surface area contributed by atoms with Crippen molar-refractivity contribution in [3.05, 3.63) is 58.9 Å². The molecule has 0 fully saturated rings. The van der Waals surface area contributed by atoms with Crippen LogP contribution in [0.1, 0.15) is 27.9 Å². The number of ether oxygens (including phenoxy) is 2. The maximum absolute atomic E-state index is 12.9. The largest absolute Gasteiger partial charge is 0.487 e. The molecule has 29 heavy (non-hydrogen) atoms. The number of thiophene rings is 1. The highest BCUT2D eigenvalue weighted by Gasteiger charge is 2.20. The van der Waals surface area contributed by atoms with E-state index in [1.807, 2.05) is 38.1 Å². The number of aryl methyl sites for hydroxylation is 1. The van der Waals surface area contributed by atoms with Crippen LogP contribution in [-0.2, 0) is 4.74 Å². The fourth-order valence-electron chi connectivity index (χ4n) is 2.73. The number of nitrogens with one attached hydrogen (secondary N) is 1. The van der Waals surface area contributed by atoms with Gasteiger partial charge in [-0.2, -0.15) is 0 Å². The van der Waals surface area contributed by atoms with Gasteiger partial charge in [0.2, 0.25) is 0 Å². The van der Waals surface area contributed by atoms with Crippen molar-refractivity contribution in [2.45, 2.75) is 20.0 Å². The monoisotopic (exact) mass is 407 g/mol. The highest BCUT2D eigenvalue weighted by Crippen LogP contribution is 2.40. The predicted octanol–water partition coefficient (Wildman–Crippen LogP) is 4.16. The van der Waals surface area contributed by atoms with E-state index in [1.54, 1.807) is 19.4 Å². The normalized spacial score (nSPS) is 11.5. The van der Waals surface area contributed by atoms with Crippen molar-refractivity contribution in [2.75, 3.05) is 19.0 Å². The maximum atomic E-state index is 12.9. The molecule has 3 rings (SSSR count). The van der Waals surface area contributed by atoms with Crippen LogP contribution in [0.2, 0.25) is 0 Å². The lowest BCUT2D eigenvalue weighted by molar-refractivity contribution is 0.0927. The SMILES string of the molecule is C#Cc1cc(O[C@@H](C)COC)c(-c2ccccc2C(=O)Nc2cnc(C)cn2)s1. The summed E-state index contributed by atoms with van der Waals surface area (Å²) >= 11 is 1.40. The first-order valence-corrected chi connectivity index (χ1v) is 9.79. The van der Waals surface area contributed by atoms with Gasteiger partial charge in [0.05, 0.1) is 34.4 Å². The van der Waals surface area contributed by atoms with Crippen molar-refractivity contribution in [2.24, 2.45) is 0 Å². The Labute approximate surface area is 173 Å². The summed E-state index contributed by atoms with van der Waals surface area (Å²) < 4.78 is 11.2. The molecule has 7 heteroatoms. The maximum Gasteiger partial charge on any atom is 0.257 e. The van der Waals surface area contributed by atoms with E-state index in [0.29, 0.717) is 23.7 Å².